The highest BCUT2D eigenvalue weighted by molar-refractivity contribution is 5.59. The Morgan fingerprint density at radius 2 is 2.00 bits per heavy atom. The summed E-state index contributed by atoms with van der Waals surface area (Å²) < 4.78 is 1.90. The van der Waals surface area contributed by atoms with Crippen LogP contribution in [-0.2, 0) is 6.54 Å². The minimum Gasteiger partial charge on any atom is -0.395 e. The monoisotopic (exact) mass is 341 g/mol. The van der Waals surface area contributed by atoms with Crippen LogP contribution in [0, 0.1) is 5.92 Å². The second-order valence-electron chi connectivity index (χ2n) is 7.10. The van der Waals surface area contributed by atoms with Gasteiger partial charge in [0.1, 0.15) is 0 Å². The average molecular weight is 341 g/mol. The predicted molar refractivity (Wildman–Crippen MR) is 94.3 cm³/mol. The van der Waals surface area contributed by atoms with Crippen LogP contribution in [0.15, 0.2) is 41.3 Å². The number of nitrogens with zero attached hydrogens (tertiary/aromatic N) is 3. The Hall–Kier alpha value is -2.02. The molecule has 0 aromatic carbocycles. The van der Waals surface area contributed by atoms with Gasteiger partial charge < -0.3 is 14.8 Å². The minimum absolute atomic E-state index is 0.0298. The first-order chi connectivity index (χ1) is 12.2. The highest BCUT2D eigenvalue weighted by Crippen LogP contribution is 2.36. The zero-order chi connectivity index (χ0) is 17.4. The lowest BCUT2D eigenvalue weighted by atomic mass is 9.82. The van der Waals surface area contributed by atoms with Crippen LogP contribution in [0.25, 0.3) is 11.3 Å². The van der Waals surface area contributed by atoms with Gasteiger partial charge in [-0.3, -0.25) is 14.7 Å². The summed E-state index contributed by atoms with van der Waals surface area (Å²) in [5, 5.41) is 19.0. The molecule has 2 bridgehead atoms. The number of pyridine rings is 2. The lowest BCUT2D eigenvalue weighted by molar-refractivity contribution is 0.0248. The quantitative estimate of drug-likeness (QED) is 0.855. The molecule has 2 N–H and O–H groups in total. The predicted octanol–water partition coefficient (Wildman–Crippen LogP) is 0.683. The number of rotatable bonds is 4. The zero-order valence-electron chi connectivity index (χ0n) is 14.1. The van der Waals surface area contributed by atoms with E-state index < -0.39 is 0 Å². The van der Waals surface area contributed by atoms with Crippen molar-refractivity contribution in [1.82, 2.24) is 14.5 Å². The maximum atomic E-state index is 12.7. The van der Waals surface area contributed by atoms with Crippen molar-refractivity contribution in [2.45, 2.75) is 24.9 Å². The topological polar surface area (TPSA) is 78.6 Å². The second-order valence-corrected chi connectivity index (χ2v) is 7.10. The molecule has 2 aliphatic rings. The summed E-state index contributed by atoms with van der Waals surface area (Å²) in [5.41, 5.74) is 2.74. The molecule has 4 rings (SSSR count). The van der Waals surface area contributed by atoms with Crippen LogP contribution in [0.5, 0.6) is 0 Å². The molecule has 2 atom stereocenters. The molecule has 6 nitrogen and oxygen atoms in total. The van der Waals surface area contributed by atoms with Gasteiger partial charge in [-0.2, -0.15) is 0 Å². The molecule has 4 heterocycles. The number of aromatic nitrogens is 2. The number of aliphatic hydroxyl groups excluding tert-OH is 2. The van der Waals surface area contributed by atoms with E-state index in [0.29, 0.717) is 12.5 Å². The Bertz CT molecular complexity index is 801. The summed E-state index contributed by atoms with van der Waals surface area (Å²) in [4.78, 5) is 19.2. The van der Waals surface area contributed by atoms with Gasteiger partial charge in [-0.05, 0) is 30.5 Å². The smallest absolute Gasteiger partial charge is 0.251 e. The normalized spacial score (nSPS) is 22.8. The molecule has 1 saturated heterocycles. The molecule has 0 amide bonds. The number of likely N-dealkylation sites (tertiary alicyclic amines) is 1. The van der Waals surface area contributed by atoms with Crippen molar-refractivity contribution in [3.8, 4) is 11.3 Å². The highest BCUT2D eigenvalue weighted by Gasteiger charge is 2.37. The van der Waals surface area contributed by atoms with Crippen LogP contribution in [0.1, 0.15) is 18.0 Å². The van der Waals surface area contributed by atoms with E-state index in [1.807, 2.05) is 22.8 Å². The van der Waals surface area contributed by atoms with Gasteiger partial charge in [0.15, 0.2) is 0 Å². The molecular weight excluding hydrogens is 318 g/mol. The summed E-state index contributed by atoms with van der Waals surface area (Å²) in [7, 11) is 0. The minimum atomic E-state index is -0.220. The third-order valence-corrected chi connectivity index (χ3v) is 5.48. The third-order valence-electron chi connectivity index (χ3n) is 5.48. The first kappa shape index (κ1) is 16.4. The molecule has 2 aromatic heterocycles. The first-order valence-electron chi connectivity index (χ1n) is 8.81. The van der Waals surface area contributed by atoms with Gasteiger partial charge >= 0.3 is 0 Å². The van der Waals surface area contributed by atoms with Crippen LogP contribution in [0.4, 0.5) is 0 Å². The lowest BCUT2D eigenvalue weighted by Crippen LogP contribution is -2.52. The van der Waals surface area contributed by atoms with Gasteiger partial charge in [0.05, 0.1) is 24.9 Å². The number of hydrogen-bond acceptors (Lipinski definition) is 5. The van der Waals surface area contributed by atoms with Crippen LogP contribution < -0.4 is 5.56 Å². The van der Waals surface area contributed by atoms with Gasteiger partial charge in [-0.25, -0.2) is 0 Å². The Labute approximate surface area is 146 Å². The first-order valence-corrected chi connectivity index (χ1v) is 8.81. The molecule has 0 saturated carbocycles. The van der Waals surface area contributed by atoms with Crippen LogP contribution in [-0.4, -0.2) is 57.0 Å². The van der Waals surface area contributed by atoms with Gasteiger partial charge in [0, 0.05) is 49.1 Å². The van der Waals surface area contributed by atoms with E-state index in [0.717, 1.165) is 36.5 Å². The molecule has 2 aromatic rings. The van der Waals surface area contributed by atoms with Crippen molar-refractivity contribution < 1.29 is 10.2 Å². The fourth-order valence-electron chi connectivity index (χ4n) is 4.26. The highest BCUT2D eigenvalue weighted by atomic mass is 16.3. The van der Waals surface area contributed by atoms with E-state index in [4.69, 9.17) is 0 Å². The molecule has 132 valence electrons. The molecular formula is C19H23N3O3. The molecule has 0 radical (unpaired) electrons. The summed E-state index contributed by atoms with van der Waals surface area (Å²) in [6, 6.07) is 9.24. The van der Waals surface area contributed by atoms with Crippen LogP contribution in [0.3, 0.4) is 0 Å². The third kappa shape index (κ3) is 3.01. The number of hydrogen-bond donors (Lipinski definition) is 2. The second kappa shape index (κ2) is 6.71. The van der Waals surface area contributed by atoms with Crippen molar-refractivity contribution in [3.05, 3.63) is 52.6 Å². The van der Waals surface area contributed by atoms with Crippen molar-refractivity contribution in [2.75, 3.05) is 26.3 Å². The fraction of sp³-hybridized carbons (Fsp3) is 0.474. The van der Waals surface area contributed by atoms with Crippen molar-refractivity contribution in [1.29, 1.82) is 0 Å². The summed E-state index contributed by atoms with van der Waals surface area (Å²) in [6.45, 7) is 2.18. The van der Waals surface area contributed by atoms with Crippen molar-refractivity contribution in [3.63, 3.8) is 0 Å². The van der Waals surface area contributed by atoms with Crippen LogP contribution >= 0.6 is 0 Å². The Balaban J connectivity index is 1.71. The van der Waals surface area contributed by atoms with Gasteiger partial charge in [0.25, 0.3) is 5.56 Å². The standard InChI is InChI=1S/C19H23N3O3/c23-11-16(12-24)21-8-13-5-15(10-21)18-6-14(7-19(25)22(18)9-13)17-3-1-2-4-20-17/h1-4,6-7,13,15-16,23-24H,5,8-12H2/t13-,15+/m0/s1. The fourth-order valence-corrected chi connectivity index (χ4v) is 4.26. The number of fused-ring (bicyclic) bond motifs is 4. The molecule has 6 heteroatoms. The molecule has 0 aliphatic carbocycles. The maximum Gasteiger partial charge on any atom is 0.251 e. The SMILES string of the molecule is O=c1cc(-c2ccccn2)cc2n1C[C@H]1C[C@@H]2CN(C(CO)CO)C1. The number of piperidine rings is 1. The average Bonchev–Trinajstić information content (AvgIpc) is 2.64. The number of aliphatic hydroxyl groups is 2. The van der Waals surface area contributed by atoms with Crippen molar-refractivity contribution >= 4 is 0 Å². The maximum absolute atomic E-state index is 12.7. The van der Waals surface area contributed by atoms with E-state index in [1.54, 1.807) is 12.3 Å². The lowest BCUT2D eigenvalue weighted by Gasteiger charge is -2.45. The summed E-state index contributed by atoms with van der Waals surface area (Å²) in [5.74, 6) is 0.620. The Morgan fingerprint density at radius 1 is 1.16 bits per heavy atom. The van der Waals surface area contributed by atoms with Gasteiger partial charge in [-0.15, -0.1) is 0 Å². The Kier molecular flexibility index (Phi) is 4.41. The molecule has 0 unspecified atom stereocenters. The van der Waals surface area contributed by atoms with E-state index in [-0.39, 0.29) is 30.7 Å². The summed E-state index contributed by atoms with van der Waals surface area (Å²) in [6.07, 6.45) is 2.78. The van der Waals surface area contributed by atoms with E-state index in [2.05, 4.69) is 16.0 Å². The molecule has 1 fully saturated rings. The van der Waals surface area contributed by atoms with Gasteiger partial charge in [0.2, 0.25) is 0 Å². The zero-order valence-corrected chi connectivity index (χ0v) is 14.1. The summed E-state index contributed by atoms with van der Waals surface area (Å²) >= 11 is 0. The van der Waals surface area contributed by atoms with E-state index >= 15 is 0 Å². The largest absolute Gasteiger partial charge is 0.395 e. The van der Waals surface area contributed by atoms with Crippen LogP contribution in [0.2, 0.25) is 0 Å². The molecule has 0 spiro atoms. The Morgan fingerprint density at radius 3 is 2.72 bits per heavy atom. The molecule has 25 heavy (non-hydrogen) atoms. The molecule has 2 aliphatic heterocycles. The van der Waals surface area contributed by atoms with E-state index in [9.17, 15) is 15.0 Å². The van der Waals surface area contributed by atoms with Gasteiger partial charge in [-0.1, -0.05) is 6.07 Å². The van der Waals surface area contributed by atoms with E-state index in [1.165, 1.54) is 0 Å². The van der Waals surface area contributed by atoms with Crippen molar-refractivity contribution in [2.24, 2.45) is 5.92 Å².